The lowest BCUT2D eigenvalue weighted by Crippen LogP contribution is -2.33. The van der Waals surface area contributed by atoms with Gasteiger partial charge in [0, 0.05) is 12.0 Å². The van der Waals surface area contributed by atoms with Gasteiger partial charge in [-0.25, -0.2) is 4.79 Å². The monoisotopic (exact) mass is 337 g/mol. The first-order valence-electron chi connectivity index (χ1n) is 8.35. The van der Waals surface area contributed by atoms with Crippen LogP contribution in [0.4, 0.5) is 0 Å². The van der Waals surface area contributed by atoms with Crippen LogP contribution in [0, 0.1) is 0 Å². The van der Waals surface area contributed by atoms with Gasteiger partial charge < -0.3 is 10.5 Å². The van der Waals surface area contributed by atoms with Crippen LogP contribution in [0.5, 0.6) is 0 Å². The highest BCUT2D eigenvalue weighted by molar-refractivity contribution is 6.01. The van der Waals surface area contributed by atoms with Crippen LogP contribution < -0.4 is 5.73 Å². The molecule has 0 saturated carbocycles. The number of benzene rings is 2. The fourth-order valence-corrected chi connectivity index (χ4v) is 2.46. The van der Waals surface area contributed by atoms with Crippen LogP contribution in [0.15, 0.2) is 66.2 Å². The van der Waals surface area contributed by atoms with E-state index in [0.717, 1.165) is 11.1 Å². The number of esters is 1. The molecule has 0 saturated heterocycles. The van der Waals surface area contributed by atoms with Crippen molar-refractivity contribution in [1.29, 1.82) is 0 Å². The van der Waals surface area contributed by atoms with Crippen LogP contribution in [0.2, 0.25) is 0 Å². The van der Waals surface area contributed by atoms with E-state index in [-0.39, 0.29) is 18.8 Å². The second kappa shape index (κ2) is 9.55. The minimum atomic E-state index is -0.656. The van der Waals surface area contributed by atoms with Gasteiger partial charge in [-0.05, 0) is 30.5 Å². The fraction of sp³-hybridized carbons (Fsp3) is 0.238. The molecular weight excluding hydrogens is 314 g/mol. The largest absolute Gasteiger partial charge is 0.463 e. The highest BCUT2D eigenvalue weighted by atomic mass is 16.5. The lowest BCUT2D eigenvalue weighted by Gasteiger charge is -2.12. The number of carbonyl (C=O) groups is 2. The Bertz CT molecular complexity index is 723. The molecule has 2 aromatic rings. The molecule has 2 aromatic carbocycles. The summed E-state index contributed by atoms with van der Waals surface area (Å²) in [4.78, 5) is 24.7. The fourth-order valence-electron chi connectivity index (χ4n) is 2.46. The lowest BCUT2D eigenvalue weighted by molar-refractivity contribution is -0.139. The van der Waals surface area contributed by atoms with Crippen molar-refractivity contribution in [2.24, 2.45) is 5.73 Å². The van der Waals surface area contributed by atoms with E-state index in [1.807, 2.05) is 60.7 Å². The number of Topliss-reactive ketones (excluding diaryl/α,β-unsaturated/α-hetero) is 1. The van der Waals surface area contributed by atoms with E-state index in [1.54, 1.807) is 13.0 Å². The standard InChI is InChI=1S/C21H23NO3/c1-2-25-21(24)18(13-16-9-5-3-6-10-16)15-20(23)19(22)14-17-11-7-4-8-12-17/h3-13,19H,2,14-15,22H2,1H3/b18-13-/t19-/m0/s1. The second-order valence-electron chi connectivity index (χ2n) is 5.74. The van der Waals surface area contributed by atoms with Crippen LogP contribution in [-0.4, -0.2) is 24.4 Å². The number of hydrogen-bond acceptors (Lipinski definition) is 4. The van der Waals surface area contributed by atoms with Crippen LogP contribution in [-0.2, 0) is 20.7 Å². The molecule has 1 atom stereocenters. The first-order valence-corrected chi connectivity index (χ1v) is 8.35. The molecule has 25 heavy (non-hydrogen) atoms. The lowest BCUT2D eigenvalue weighted by atomic mass is 9.97. The molecule has 0 bridgehead atoms. The summed E-state index contributed by atoms with van der Waals surface area (Å²) in [6, 6.07) is 18.3. The van der Waals surface area contributed by atoms with Gasteiger partial charge in [-0.15, -0.1) is 0 Å². The van der Waals surface area contributed by atoms with E-state index < -0.39 is 12.0 Å². The van der Waals surface area contributed by atoms with Gasteiger partial charge in [-0.3, -0.25) is 4.79 Å². The van der Waals surface area contributed by atoms with E-state index in [4.69, 9.17) is 10.5 Å². The van der Waals surface area contributed by atoms with Gasteiger partial charge in [0.2, 0.25) is 0 Å². The molecule has 0 radical (unpaired) electrons. The number of ketones is 1. The number of nitrogens with two attached hydrogens (primary N) is 1. The number of rotatable bonds is 8. The Morgan fingerprint density at radius 2 is 1.64 bits per heavy atom. The smallest absolute Gasteiger partial charge is 0.334 e. The summed E-state index contributed by atoms with van der Waals surface area (Å²) in [6.07, 6.45) is 2.09. The third-order valence-electron chi connectivity index (χ3n) is 3.75. The van der Waals surface area contributed by atoms with Crippen molar-refractivity contribution in [3.05, 3.63) is 77.4 Å². The summed E-state index contributed by atoms with van der Waals surface area (Å²) in [5.74, 6) is -0.661. The normalized spacial score (nSPS) is 12.5. The maximum Gasteiger partial charge on any atom is 0.334 e. The molecule has 0 aliphatic heterocycles. The summed E-state index contributed by atoms with van der Waals surface area (Å²) in [5.41, 5.74) is 8.19. The van der Waals surface area contributed by atoms with Crippen molar-refractivity contribution in [3.8, 4) is 0 Å². The Balaban J connectivity index is 2.11. The molecule has 0 spiro atoms. The second-order valence-corrected chi connectivity index (χ2v) is 5.74. The first kappa shape index (κ1) is 18.6. The third-order valence-corrected chi connectivity index (χ3v) is 3.75. The quantitative estimate of drug-likeness (QED) is 0.593. The SMILES string of the molecule is CCOC(=O)/C(=C\c1ccccc1)CC(=O)[C@@H](N)Cc1ccccc1. The minimum Gasteiger partial charge on any atom is -0.463 e. The predicted octanol–water partition coefficient (Wildman–Crippen LogP) is 3.16. The summed E-state index contributed by atoms with van der Waals surface area (Å²) in [5, 5.41) is 0. The molecule has 0 amide bonds. The summed E-state index contributed by atoms with van der Waals surface area (Å²) >= 11 is 0. The first-order chi connectivity index (χ1) is 12.1. The zero-order valence-electron chi connectivity index (χ0n) is 14.4. The topological polar surface area (TPSA) is 69.4 Å². The maximum absolute atomic E-state index is 12.5. The molecule has 0 unspecified atom stereocenters. The summed E-state index contributed by atoms with van der Waals surface area (Å²) in [6.45, 7) is 2.00. The average molecular weight is 337 g/mol. The molecule has 130 valence electrons. The van der Waals surface area contributed by atoms with Crippen molar-refractivity contribution >= 4 is 17.8 Å². The van der Waals surface area contributed by atoms with Gasteiger partial charge in [0.15, 0.2) is 5.78 Å². The third kappa shape index (κ3) is 6.01. The van der Waals surface area contributed by atoms with Crippen LogP contribution in [0.3, 0.4) is 0 Å². The Morgan fingerprint density at radius 1 is 1.04 bits per heavy atom. The molecule has 0 aliphatic carbocycles. The zero-order chi connectivity index (χ0) is 18.1. The minimum absolute atomic E-state index is 0.0400. The van der Waals surface area contributed by atoms with Crippen molar-refractivity contribution in [2.75, 3.05) is 6.61 Å². The van der Waals surface area contributed by atoms with Crippen LogP contribution in [0.25, 0.3) is 6.08 Å². The van der Waals surface area contributed by atoms with Gasteiger partial charge in [0.25, 0.3) is 0 Å². The van der Waals surface area contributed by atoms with Gasteiger partial charge in [-0.1, -0.05) is 60.7 Å². The molecular formula is C21H23NO3. The van der Waals surface area contributed by atoms with Gasteiger partial charge in [-0.2, -0.15) is 0 Å². The zero-order valence-corrected chi connectivity index (χ0v) is 14.4. The maximum atomic E-state index is 12.5. The highest BCUT2D eigenvalue weighted by Gasteiger charge is 2.20. The van der Waals surface area contributed by atoms with Crippen molar-refractivity contribution in [2.45, 2.75) is 25.8 Å². The van der Waals surface area contributed by atoms with Gasteiger partial charge in [0.05, 0.1) is 12.6 Å². The van der Waals surface area contributed by atoms with Crippen molar-refractivity contribution in [3.63, 3.8) is 0 Å². The highest BCUT2D eigenvalue weighted by Crippen LogP contribution is 2.14. The molecule has 2 rings (SSSR count). The van der Waals surface area contributed by atoms with Gasteiger partial charge in [0.1, 0.15) is 0 Å². The molecule has 4 nitrogen and oxygen atoms in total. The van der Waals surface area contributed by atoms with E-state index in [1.165, 1.54) is 0 Å². The number of carbonyl (C=O) groups excluding carboxylic acids is 2. The van der Waals surface area contributed by atoms with Crippen LogP contribution >= 0.6 is 0 Å². The molecule has 4 heteroatoms. The molecule has 0 heterocycles. The number of ether oxygens (including phenoxy) is 1. The Labute approximate surface area is 148 Å². The summed E-state index contributed by atoms with van der Waals surface area (Å²) in [7, 11) is 0. The van der Waals surface area contributed by atoms with Crippen LogP contribution in [0.1, 0.15) is 24.5 Å². The van der Waals surface area contributed by atoms with E-state index >= 15 is 0 Å². The Morgan fingerprint density at radius 3 is 2.24 bits per heavy atom. The van der Waals surface area contributed by atoms with Crippen molar-refractivity contribution in [1.82, 2.24) is 0 Å². The Hall–Kier alpha value is -2.72. The molecule has 2 N–H and O–H groups in total. The average Bonchev–Trinajstić information content (AvgIpc) is 2.63. The molecule has 0 aromatic heterocycles. The van der Waals surface area contributed by atoms with E-state index in [2.05, 4.69) is 0 Å². The Kier molecular flexibility index (Phi) is 7.11. The predicted molar refractivity (Wildman–Crippen MR) is 98.8 cm³/mol. The number of hydrogen-bond donors (Lipinski definition) is 1. The van der Waals surface area contributed by atoms with E-state index in [0.29, 0.717) is 12.0 Å². The van der Waals surface area contributed by atoms with Gasteiger partial charge >= 0.3 is 5.97 Å². The van der Waals surface area contributed by atoms with E-state index in [9.17, 15) is 9.59 Å². The summed E-state index contributed by atoms with van der Waals surface area (Å²) < 4.78 is 5.07. The molecule has 0 fully saturated rings. The molecule has 0 aliphatic rings. The van der Waals surface area contributed by atoms with Crippen molar-refractivity contribution < 1.29 is 14.3 Å².